The zero-order valence-electron chi connectivity index (χ0n) is 21.3. The molecule has 2 amide bonds. The van der Waals surface area contributed by atoms with Crippen LogP contribution in [0.5, 0.6) is 0 Å². The first-order valence-corrected chi connectivity index (χ1v) is 14.1. The maximum Gasteiger partial charge on any atom is 0.264 e. The Kier molecular flexibility index (Phi) is 9.01. The zero-order chi connectivity index (χ0) is 27.8. The van der Waals surface area contributed by atoms with Crippen molar-refractivity contribution in [3.8, 4) is 0 Å². The molecule has 200 valence electrons. The molecule has 0 unspecified atom stereocenters. The summed E-state index contributed by atoms with van der Waals surface area (Å²) in [6.45, 7) is 1.75. The largest absolute Gasteiger partial charge is 0.352 e. The molecule has 0 radical (unpaired) electrons. The van der Waals surface area contributed by atoms with E-state index in [0.29, 0.717) is 18.0 Å². The fourth-order valence-corrected chi connectivity index (χ4v) is 5.55. The van der Waals surface area contributed by atoms with Crippen LogP contribution in [-0.2, 0) is 21.2 Å². The molecule has 4 rings (SSSR count). The molecule has 0 aliphatic carbocycles. The number of anilines is 2. The Labute approximate surface area is 233 Å². The van der Waals surface area contributed by atoms with Gasteiger partial charge in [0.25, 0.3) is 15.9 Å². The van der Waals surface area contributed by atoms with Crippen molar-refractivity contribution in [3.63, 3.8) is 0 Å². The van der Waals surface area contributed by atoms with Gasteiger partial charge >= 0.3 is 0 Å². The van der Waals surface area contributed by atoms with Crippen LogP contribution in [0.1, 0.15) is 21.5 Å². The van der Waals surface area contributed by atoms with Crippen molar-refractivity contribution in [2.24, 2.45) is 0 Å². The highest BCUT2D eigenvalue weighted by atomic mass is 35.5. The summed E-state index contributed by atoms with van der Waals surface area (Å²) in [5.41, 5.74) is 2.79. The van der Waals surface area contributed by atoms with Crippen molar-refractivity contribution >= 4 is 44.8 Å². The van der Waals surface area contributed by atoms with E-state index in [1.807, 2.05) is 37.3 Å². The highest BCUT2D eigenvalue weighted by Crippen LogP contribution is 2.26. The molecule has 4 aromatic rings. The Hall–Kier alpha value is -4.14. The minimum Gasteiger partial charge on any atom is -0.352 e. The van der Waals surface area contributed by atoms with E-state index in [1.165, 1.54) is 18.2 Å². The molecule has 0 saturated heterocycles. The summed E-state index contributed by atoms with van der Waals surface area (Å²) >= 11 is 6.14. The van der Waals surface area contributed by atoms with Gasteiger partial charge < -0.3 is 10.6 Å². The van der Waals surface area contributed by atoms with Gasteiger partial charge in [-0.2, -0.15) is 0 Å². The summed E-state index contributed by atoms with van der Waals surface area (Å²) in [5.74, 6) is -0.962. The Morgan fingerprint density at radius 2 is 1.54 bits per heavy atom. The molecule has 0 aliphatic heterocycles. The van der Waals surface area contributed by atoms with Gasteiger partial charge in [0.2, 0.25) is 5.91 Å². The molecular weight excluding hydrogens is 534 g/mol. The summed E-state index contributed by atoms with van der Waals surface area (Å²) in [6, 6.07) is 29.0. The fraction of sp³-hybridized carbons (Fsp3) is 0.133. The normalized spacial score (nSPS) is 11.0. The van der Waals surface area contributed by atoms with Crippen LogP contribution in [-0.4, -0.2) is 33.3 Å². The molecule has 0 fully saturated rings. The molecule has 7 nitrogen and oxygen atoms in total. The summed E-state index contributed by atoms with van der Waals surface area (Å²) in [4.78, 5) is 26.2. The number of hydrogen-bond acceptors (Lipinski definition) is 4. The average molecular weight is 562 g/mol. The molecule has 0 aromatic heterocycles. The van der Waals surface area contributed by atoms with Gasteiger partial charge in [0.15, 0.2) is 0 Å². The van der Waals surface area contributed by atoms with Crippen LogP contribution < -0.4 is 14.9 Å². The van der Waals surface area contributed by atoms with Crippen LogP contribution in [0.2, 0.25) is 5.02 Å². The number of benzene rings is 4. The van der Waals surface area contributed by atoms with E-state index in [2.05, 4.69) is 10.6 Å². The number of rotatable bonds is 10. The molecule has 0 heterocycles. The van der Waals surface area contributed by atoms with Gasteiger partial charge in [0, 0.05) is 11.6 Å². The minimum absolute atomic E-state index is 0.0408. The predicted molar refractivity (Wildman–Crippen MR) is 155 cm³/mol. The molecule has 0 aliphatic rings. The van der Waals surface area contributed by atoms with Crippen LogP contribution >= 0.6 is 11.6 Å². The van der Waals surface area contributed by atoms with Crippen molar-refractivity contribution in [2.75, 3.05) is 22.7 Å². The van der Waals surface area contributed by atoms with Crippen LogP contribution in [0, 0.1) is 6.92 Å². The molecule has 2 N–H and O–H groups in total. The quantitative estimate of drug-likeness (QED) is 0.269. The third-order valence-corrected chi connectivity index (χ3v) is 8.00. The van der Waals surface area contributed by atoms with Gasteiger partial charge in [-0.3, -0.25) is 13.9 Å². The second kappa shape index (κ2) is 12.6. The lowest BCUT2D eigenvalue weighted by atomic mass is 10.1. The Bertz CT molecular complexity index is 1560. The molecule has 0 bridgehead atoms. The standard InChI is InChI=1S/C30H28ClN3O4S/c1-22-14-16-26(17-15-22)39(37,38)34(25-11-7-10-24(31)20-25)21-29(35)33-28-13-6-5-12-27(28)30(36)32-19-18-23-8-3-2-4-9-23/h2-17,20H,18-19,21H2,1H3,(H,32,36)(H,33,35). The SMILES string of the molecule is Cc1ccc(S(=O)(=O)N(CC(=O)Nc2ccccc2C(=O)NCCc2ccccc2)c2cccc(Cl)c2)cc1. The van der Waals surface area contributed by atoms with E-state index in [1.54, 1.807) is 54.6 Å². The monoisotopic (exact) mass is 561 g/mol. The van der Waals surface area contributed by atoms with E-state index >= 15 is 0 Å². The van der Waals surface area contributed by atoms with Crippen molar-refractivity contribution in [1.82, 2.24) is 5.32 Å². The number of amides is 2. The molecule has 0 spiro atoms. The first-order chi connectivity index (χ1) is 18.7. The van der Waals surface area contributed by atoms with E-state index in [0.717, 1.165) is 15.4 Å². The number of nitrogens with one attached hydrogen (secondary N) is 2. The smallest absolute Gasteiger partial charge is 0.264 e. The topological polar surface area (TPSA) is 95.6 Å². The van der Waals surface area contributed by atoms with Crippen molar-refractivity contribution < 1.29 is 18.0 Å². The Balaban J connectivity index is 1.52. The summed E-state index contributed by atoms with van der Waals surface area (Å²) in [7, 11) is -4.11. The van der Waals surface area contributed by atoms with E-state index in [9.17, 15) is 18.0 Å². The number of para-hydroxylation sites is 1. The molecular formula is C30H28ClN3O4S. The van der Waals surface area contributed by atoms with E-state index < -0.39 is 22.5 Å². The van der Waals surface area contributed by atoms with Gasteiger partial charge in [0.05, 0.1) is 21.8 Å². The Morgan fingerprint density at radius 1 is 0.846 bits per heavy atom. The predicted octanol–water partition coefficient (Wildman–Crippen LogP) is 5.45. The van der Waals surface area contributed by atoms with Crippen molar-refractivity contribution in [3.05, 3.63) is 125 Å². The number of carbonyl (C=O) groups excluding carboxylic acids is 2. The van der Waals surface area contributed by atoms with Crippen LogP contribution in [0.25, 0.3) is 0 Å². The molecule has 4 aromatic carbocycles. The summed E-state index contributed by atoms with van der Waals surface area (Å²) in [6.07, 6.45) is 0.659. The molecule has 0 saturated carbocycles. The fourth-order valence-electron chi connectivity index (χ4n) is 3.95. The minimum atomic E-state index is -4.11. The number of hydrogen-bond donors (Lipinski definition) is 2. The van der Waals surface area contributed by atoms with Crippen LogP contribution in [0.15, 0.2) is 108 Å². The number of carbonyl (C=O) groups is 2. The summed E-state index contributed by atoms with van der Waals surface area (Å²) < 4.78 is 28.2. The second-order valence-corrected chi connectivity index (χ2v) is 11.2. The second-order valence-electron chi connectivity index (χ2n) is 8.89. The molecule has 0 atom stereocenters. The highest BCUT2D eigenvalue weighted by molar-refractivity contribution is 7.92. The van der Waals surface area contributed by atoms with Crippen molar-refractivity contribution in [1.29, 1.82) is 0 Å². The van der Waals surface area contributed by atoms with Crippen LogP contribution in [0.4, 0.5) is 11.4 Å². The lowest BCUT2D eigenvalue weighted by Gasteiger charge is -2.24. The number of nitrogens with zero attached hydrogens (tertiary/aromatic N) is 1. The van der Waals surface area contributed by atoms with Gasteiger partial charge in [-0.25, -0.2) is 8.42 Å². The zero-order valence-corrected chi connectivity index (χ0v) is 22.9. The third-order valence-electron chi connectivity index (χ3n) is 5.98. The summed E-state index contributed by atoms with van der Waals surface area (Å²) in [5, 5.41) is 5.91. The van der Waals surface area contributed by atoms with E-state index in [4.69, 9.17) is 11.6 Å². The van der Waals surface area contributed by atoms with Crippen molar-refractivity contribution in [2.45, 2.75) is 18.2 Å². The lowest BCUT2D eigenvalue weighted by Crippen LogP contribution is -2.38. The van der Waals surface area contributed by atoms with Gasteiger partial charge in [-0.1, -0.05) is 77.8 Å². The third kappa shape index (κ3) is 7.25. The van der Waals surface area contributed by atoms with Gasteiger partial charge in [0.1, 0.15) is 6.54 Å². The highest BCUT2D eigenvalue weighted by Gasteiger charge is 2.28. The average Bonchev–Trinajstić information content (AvgIpc) is 2.93. The first kappa shape index (κ1) is 27.9. The van der Waals surface area contributed by atoms with Gasteiger partial charge in [-0.15, -0.1) is 0 Å². The lowest BCUT2D eigenvalue weighted by molar-refractivity contribution is -0.114. The molecule has 39 heavy (non-hydrogen) atoms. The maximum atomic E-state index is 13.6. The number of sulfonamides is 1. The van der Waals surface area contributed by atoms with Gasteiger partial charge in [-0.05, 0) is 61.4 Å². The number of halogens is 1. The Morgan fingerprint density at radius 3 is 2.26 bits per heavy atom. The number of aryl methyl sites for hydroxylation is 1. The first-order valence-electron chi connectivity index (χ1n) is 12.3. The van der Waals surface area contributed by atoms with Crippen LogP contribution in [0.3, 0.4) is 0 Å². The molecule has 9 heteroatoms. The maximum absolute atomic E-state index is 13.6. The van der Waals surface area contributed by atoms with E-state index in [-0.39, 0.29) is 27.7 Å².